The Kier molecular flexibility index (Phi) is 9.70. The van der Waals surface area contributed by atoms with Gasteiger partial charge >= 0.3 is 12.1 Å². The molecule has 0 bridgehead atoms. The van der Waals surface area contributed by atoms with E-state index >= 15 is 0 Å². The molecule has 36 heavy (non-hydrogen) atoms. The summed E-state index contributed by atoms with van der Waals surface area (Å²) in [6.45, 7) is 3.36. The van der Waals surface area contributed by atoms with E-state index in [1.165, 1.54) is 24.3 Å². The van der Waals surface area contributed by atoms with Crippen LogP contribution in [0.25, 0.3) is 0 Å². The van der Waals surface area contributed by atoms with Crippen molar-refractivity contribution in [2.75, 3.05) is 11.9 Å². The van der Waals surface area contributed by atoms with Crippen molar-refractivity contribution in [3.8, 4) is 0 Å². The number of unbranched alkanes of at least 4 members (excludes halogenated alkanes) is 1. The maximum atomic E-state index is 13.7. The van der Waals surface area contributed by atoms with Crippen LogP contribution < -0.4 is 5.32 Å². The van der Waals surface area contributed by atoms with E-state index < -0.39 is 23.9 Å². The van der Waals surface area contributed by atoms with Crippen molar-refractivity contribution in [2.24, 2.45) is 11.8 Å². The highest BCUT2D eigenvalue weighted by molar-refractivity contribution is 6.33. The van der Waals surface area contributed by atoms with E-state index in [9.17, 15) is 22.8 Å². The number of carbonyl (C=O) groups is 2. The van der Waals surface area contributed by atoms with Gasteiger partial charge in [0.05, 0.1) is 35.6 Å². The van der Waals surface area contributed by atoms with Gasteiger partial charge in [-0.2, -0.15) is 13.2 Å². The number of halogens is 5. The summed E-state index contributed by atoms with van der Waals surface area (Å²) in [6.07, 6.45) is -0.742. The van der Waals surface area contributed by atoms with Crippen LogP contribution in [0.5, 0.6) is 0 Å². The lowest BCUT2D eigenvalue weighted by Gasteiger charge is -2.26. The predicted octanol–water partition coefficient (Wildman–Crippen LogP) is 8.14. The number of carbonyl (C=O) groups excluding carboxylic acids is 2. The first-order valence-electron chi connectivity index (χ1n) is 12.1. The van der Waals surface area contributed by atoms with Crippen molar-refractivity contribution in [1.82, 2.24) is 0 Å². The molecule has 0 saturated heterocycles. The zero-order valence-corrected chi connectivity index (χ0v) is 21.7. The molecule has 1 aliphatic rings. The molecule has 3 rings (SSSR count). The number of rotatable bonds is 11. The fourth-order valence-electron chi connectivity index (χ4n) is 4.23. The molecule has 9 heteroatoms. The highest BCUT2D eigenvalue weighted by Gasteiger charge is 2.45. The largest absolute Gasteiger partial charge is 0.466 e. The van der Waals surface area contributed by atoms with Gasteiger partial charge in [0.25, 0.3) is 0 Å². The number of nitrogens with one attached hydrogen (secondary N) is 1. The molecule has 196 valence electrons. The molecule has 1 N–H and O–H groups in total. The molecule has 0 spiro atoms. The van der Waals surface area contributed by atoms with Crippen molar-refractivity contribution in [3.63, 3.8) is 0 Å². The van der Waals surface area contributed by atoms with E-state index in [2.05, 4.69) is 5.32 Å². The van der Waals surface area contributed by atoms with Crippen LogP contribution in [0.2, 0.25) is 10.0 Å². The van der Waals surface area contributed by atoms with Gasteiger partial charge in [-0.1, -0.05) is 61.7 Å². The van der Waals surface area contributed by atoms with Crippen molar-refractivity contribution in [2.45, 2.75) is 64.0 Å². The molecule has 1 saturated carbocycles. The Morgan fingerprint density at radius 3 is 2.31 bits per heavy atom. The molecule has 1 aliphatic carbocycles. The normalized spacial score (nSPS) is 16.2. The molecule has 0 aromatic heterocycles. The van der Waals surface area contributed by atoms with Gasteiger partial charge in [-0.25, -0.2) is 0 Å². The van der Waals surface area contributed by atoms with E-state index in [1.54, 1.807) is 18.2 Å². The SMILES string of the molecule is CCCCOC(=O)C[C@H](c1ccc(Cl)c(NC(=O)[C@H](c2ccc(Cl)cc2)[C@@H](C)C(F)(F)F)c1)C1CC1. The summed E-state index contributed by atoms with van der Waals surface area (Å²) in [5, 5.41) is 3.16. The first kappa shape index (κ1) is 28.3. The number of alkyl halides is 3. The fraction of sp³-hybridized carbons (Fsp3) is 0.481. The van der Waals surface area contributed by atoms with Crippen LogP contribution in [0, 0.1) is 11.8 Å². The molecule has 2 aromatic rings. The lowest BCUT2D eigenvalue weighted by Crippen LogP contribution is -2.34. The minimum Gasteiger partial charge on any atom is -0.466 e. The first-order chi connectivity index (χ1) is 17.0. The van der Waals surface area contributed by atoms with Crippen LogP contribution in [0.4, 0.5) is 18.9 Å². The number of ether oxygens (including phenoxy) is 1. The average molecular weight is 544 g/mol. The van der Waals surface area contributed by atoms with Crippen LogP contribution >= 0.6 is 23.2 Å². The third-order valence-corrected chi connectivity index (χ3v) is 7.12. The Labute approximate surface area is 219 Å². The zero-order chi connectivity index (χ0) is 26.5. The van der Waals surface area contributed by atoms with Gasteiger partial charge in [0, 0.05) is 5.02 Å². The van der Waals surface area contributed by atoms with E-state index in [0.29, 0.717) is 17.5 Å². The Morgan fingerprint density at radius 1 is 1.08 bits per heavy atom. The summed E-state index contributed by atoms with van der Waals surface area (Å²) < 4.78 is 46.3. The number of hydrogen-bond donors (Lipinski definition) is 1. The Morgan fingerprint density at radius 2 is 1.72 bits per heavy atom. The van der Waals surface area contributed by atoms with Gasteiger partial charge in [-0.05, 0) is 66.5 Å². The van der Waals surface area contributed by atoms with E-state index in [4.69, 9.17) is 27.9 Å². The van der Waals surface area contributed by atoms with Crippen molar-refractivity contribution in [1.29, 1.82) is 0 Å². The van der Waals surface area contributed by atoms with Crippen LogP contribution in [0.15, 0.2) is 42.5 Å². The molecular formula is C27H30Cl2F3NO3. The lowest BCUT2D eigenvalue weighted by molar-refractivity contribution is -0.178. The molecule has 1 amide bonds. The Balaban J connectivity index is 1.84. The summed E-state index contributed by atoms with van der Waals surface area (Å²) in [4.78, 5) is 25.6. The molecule has 0 unspecified atom stereocenters. The molecule has 0 radical (unpaired) electrons. The lowest BCUT2D eigenvalue weighted by atomic mass is 9.85. The van der Waals surface area contributed by atoms with Crippen LogP contribution in [0.3, 0.4) is 0 Å². The minimum absolute atomic E-state index is 0.117. The Hall–Kier alpha value is -2.25. The summed E-state index contributed by atoms with van der Waals surface area (Å²) in [6, 6.07) is 10.8. The topological polar surface area (TPSA) is 55.4 Å². The maximum Gasteiger partial charge on any atom is 0.392 e. The highest BCUT2D eigenvalue weighted by Crippen LogP contribution is 2.46. The van der Waals surface area contributed by atoms with E-state index in [1.807, 2.05) is 6.92 Å². The van der Waals surface area contributed by atoms with Crippen molar-refractivity contribution < 1.29 is 27.5 Å². The van der Waals surface area contributed by atoms with Crippen molar-refractivity contribution in [3.05, 3.63) is 63.6 Å². The number of esters is 1. The highest BCUT2D eigenvalue weighted by atomic mass is 35.5. The number of benzene rings is 2. The van der Waals surface area contributed by atoms with Crippen LogP contribution in [-0.2, 0) is 14.3 Å². The number of anilines is 1. The predicted molar refractivity (Wildman–Crippen MR) is 135 cm³/mol. The average Bonchev–Trinajstić information content (AvgIpc) is 3.65. The maximum absolute atomic E-state index is 13.7. The number of hydrogen-bond acceptors (Lipinski definition) is 3. The second-order valence-electron chi connectivity index (χ2n) is 9.31. The van der Waals surface area contributed by atoms with E-state index in [0.717, 1.165) is 38.2 Å². The summed E-state index contributed by atoms with van der Waals surface area (Å²) in [5.74, 6) is -4.38. The van der Waals surface area contributed by atoms with Gasteiger partial charge in [-0.15, -0.1) is 0 Å². The first-order valence-corrected chi connectivity index (χ1v) is 12.8. The second-order valence-corrected chi connectivity index (χ2v) is 10.2. The standard InChI is InChI=1S/C27H30Cl2F3NO3/c1-3-4-13-36-24(34)15-21(17-5-6-17)19-9-12-22(29)23(14-19)33-26(35)25(16(2)27(30,31)32)18-7-10-20(28)11-8-18/h7-12,14,16-17,21,25H,3-6,13,15H2,1-2H3,(H,33,35)/t16-,21+,25+/m1/s1. The summed E-state index contributed by atoms with van der Waals surface area (Å²) in [5.41, 5.74) is 1.19. The Bertz CT molecular complexity index is 1060. The smallest absolute Gasteiger partial charge is 0.392 e. The quantitative estimate of drug-likeness (QED) is 0.230. The van der Waals surface area contributed by atoms with Crippen LogP contribution in [-0.4, -0.2) is 24.7 Å². The molecule has 2 aromatic carbocycles. The monoisotopic (exact) mass is 543 g/mol. The van der Waals surface area contributed by atoms with Crippen molar-refractivity contribution >= 4 is 40.8 Å². The molecule has 0 aliphatic heterocycles. The molecule has 0 heterocycles. The van der Waals surface area contributed by atoms with Gasteiger partial charge in [0.2, 0.25) is 5.91 Å². The fourth-order valence-corrected chi connectivity index (χ4v) is 4.52. The molecule has 1 fully saturated rings. The third kappa shape index (κ3) is 7.62. The molecule has 4 nitrogen and oxygen atoms in total. The molecule has 3 atom stereocenters. The van der Waals surface area contributed by atoms with Gasteiger partial charge in [-0.3, -0.25) is 9.59 Å². The summed E-state index contributed by atoms with van der Waals surface area (Å²) >= 11 is 12.2. The van der Waals surface area contributed by atoms with E-state index in [-0.39, 0.29) is 34.6 Å². The second kappa shape index (κ2) is 12.3. The number of amides is 1. The van der Waals surface area contributed by atoms with Crippen LogP contribution in [0.1, 0.15) is 68.9 Å². The van der Waals surface area contributed by atoms with Gasteiger partial charge in [0.1, 0.15) is 0 Å². The minimum atomic E-state index is -4.59. The third-order valence-electron chi connectivity index (χ3n) is 6.54. The zero-order valence-electron chi connectivity index (χ0n) is 20.2. The van der Waals surface area contributed by atoms with Gasteiger partial charge in [0.15, 0.2) is 0 Å². The molecular weight excluding hydrogens is 514 g/mol. The van der Waals surface area contributed by atoms with Gasteiger partial charge < -0.3 is 10.1 Å². The summed E-state index contributed by atoms with van der Waals surface area (Å²) in [7, 11) is 0.